The average molecular weight is 366 g/mol. The Morgan fingerprint density at radius 2 is 2.00 bits per heavy atom. The average Bonchev–Trinajstić information content (AvgIpc) is 2.82. The number of pyridine rings is 1. The molecule has 0 saturated heterocycles. The predicted molar refractivity (Wildman–Crippen MR) is 103 cm³/mol. The molecule has 0 unspecified atom stereocenters. The summed E-state index contributed by atoms with van der Waals surface area (Å²) in [6.07, 6.45) is 1.61. The Kier molecular flexibility index (Phi) is 4.38. The van der Waals surface area contributed by atoms with Crippen molar-refractivity contribution in [2.75, 3.05) is 11.1 Å². The van der Waals surface area contributed by atoms with Crippen molar-refractivity contribution in [3.8, 4) is 0 Å². The van der Waals surface area contributed by atoms with Crippen molar-refractivity contribution in [1.82, 2.24) is 14.8 Å². The van der Waals surface area contributed by atoms with E-state index in [-0.39, 0.29) is 16.7 Å². The number of nitrogens with one attached hydrogen (secondary N) is 2. The first-order chi connectivity index (χ1) is 12.6. The third kappa shape index (κ3) is 3.06. The molecule has 0 radical (unpaired) electrons. The molecule has 26 heavy (non-hydrogen) atoms. The van der Waals surface area contributed by atoms with Crippen LogP contribution in [-0.4, -0.2) is 26.4 Å². The van der Waals surface area contributed by atoms with Gasteiger partial charge in [0, 0.05) is 17.3 Å². The number of carbonyl (C=O) groups is 1. The highest BCUT2D eigenvalue weighted by atomic mass is 32.2. The number of aryl methyl sites for hydroxylation is 1. The van der Waals surface area contributed by atoms with Crippen LogP contribution >= 0.6 is 11.8 Å². The zero-order chi connectivity index (χ0) is 18.1. The number of aromatic amines is 1. The minimum absolute atomic E-state index is 0.0830. The van der Waals surface area contributed by atoms with E-state index in [1.807, 2.05) is 48.0 Å². The molecule has 3 aromatic rings. The summed E-state index contributed by atoms with van der Waals surface area (Å²) in [6.45, 7) is 2.47. The van der Waals surface area contributed by atoms with Gasteiger partial charge in [0.25, 0.3) is 5.56 Å². The van der Waals surface area contributed by atoms with Gasteiger partial charge in [-0.2, -0.15) is 5.10 Å². The Balaban J connectivity index is 1.83. The lowest BCUT2D eigenvalue weighted by atomic mass is 10.1. The van der Waals surface area contributed by atoms with Crippen LogP contribution in [-0.2, 0) is 11.3 Å². The van der Waals surface area contributed by atoms with Crippen LogP contribution in [0.3, 0.4) is 0 Å². The topological polar surface area (TPSA) is 79.8 Å². The maximum absolute atomic E-state index is 12.3. The zero-order valence-corrected chi connectivity index (χ0v) is 15.0. The van der Waals surface area contributed by atoms with Gasteiger partial charge in [0.15, 0.2) is 0 Å². The molecule has 1 atom stereocenters. The van der Waals surface area contributed by atoms with Crippen LogP contribution in [0, 0.1) is 6.92 Å². The molecule has 0 spiro atoms. The highest BCUT2D eigenvalue weighted by molar-refractivity contribution is 8.00. The van der Waals surface area contributed by atoms with Crippen molar-refractivity contribution in [1.29, 1.82) is 0 Å². The number of thioether (sulfide) groups is 1. The minimum Gasteiger partial charge on any atom is -0.329 e. The number of hydrogen-bond donors (Lipinski definition) is 2. The fraction of sp³-hybridized carbons (Fsp3) is 0.211. The summed E-state index contributed by atoms with van der Waals surface area (Å²) in [4.78, 5) is 27.3. The van der Waals surface area contributed by atoms with Crippen molar-refractivity contribution in [3.63, 3.8) is 0 Å². The molecule has 132 valence electrons. The number of benzene rings is 1. The molecular weight excluding hydrogens is 348 g/mol. The molecule has 1 aliphatic heterocycles. The molecular formula is C19H18N4O2S. The third-order valence-electron chi connectivity index (χ3n) is 4.38. The molecule has 0 bridgehead atoms. The van der Waals surface area contributed by atoms with E-state index in [2.05, 4.69) is 15.4 Å². The molecule has 6 nitrogen and oxygen atoms in total. The van der Waals surface area contributed by atoms with Crippen LogP contribution in [0.15, 0.2) is 53.5 Å². The highest BCUT2D eigenvalue weighted by Gasteiger charge is 2.31. The first-order valence-corrected chi connectivity index (χ1v) is 9.38. The van der Waals surface area contributed by atoms with Crippen molar-refractivity contribution in [2.24, 2.45) is 0 Å². The summed E-state index contributed by atoms with van der Waals surface area (Å²) in [5.74, 6) is 0.883. The second-order valence-corrected chi connectivity index (χ2v) is 7.28. The Morgan fingerprint density at radius 1 is 1.19 bits per heavy atom. The fourth-order valence-electron chi connectivity index (χ4n) is 3.21. The van der Waals surface area contributed by atoms with E-state index in [0.717, 1.165) is 16.8 Å². The van der Waals surface area contributed by atoms with Gasteiger partial charge in [0.05, 0.1) is 23.2 Å². The van der Waals surface area contributed by atoms with E-state index in [0.29, 0.717) is 23.7 Å². The van der Waals surface area contributed by atoms with Gasteiger partial charge in [-0.3, -0.25) is 9.59 Å². The molecule has 0 fully saturated rings. The summed E-state index contributed by atoms with van der Waals surface area (Å²) < 4.78 is 1.81. The lowest BCUT2D eigenvalue weighted by Crippen LogP contribution is -2.16. The standard InChI is InChI=1S/C19H18N4O2S/c1-12-16-17(14-8-5-9-20-19(14)25)26-11-15(24)21-18(16)23(22-12)10-13-6-3-2-4-7-13/h2-9,17H,10-11H2,1H3,(H,20,25)(H,21,24)/t17-/m1/s1. The van der Waals surface area contributed by atoms with Crippen LogP contribution in [0.4, 0.5) is 5.82 Å². The third-order valence-corrected chi connectivity index (χ3v) is 5.63. The Bertz CT molecular complexity index is 1010. The molecule has 1 aliphatic rings. The smallest absolute Gasteiger partial charge is 0.252 e. The van der Waals surface area contributed by atoms with Crippen molar-refractivity contribution in [2.45, 2.75) is 18.7 Å². The maximum atomic E-state index is 12.3. The SMILES string of the molecule is Cc1nn(Cc2ccccc2)c2c1[C@@H](c1ccc[nH]c1=O)SCC(=O)N2. The summed E-state index contributed by atoms with van der Waals surface area (Å²) in [5, 5.41) is 7.39. The van der Waals surface area contributed by atoms with Gasteiger partial charge in [-0.1, -0.05) is 36.4 Å². The normalized spacial score (nSPS) is 16.7. The van der Waals surface area contributed by atoms with Gasteiger partial charge < -0.3 is 10.3 Å². The lowest BCUT2D eigenvalue weighted by Gasteiger charge is -2.14. The number of rotatable bonds is 3. The monoisotopic (exact) mass is 366 g/mol. The first kappa shape index (κ1) is 16.7. The Hall–Kier alpha value is -2.80. The predicted octanol–water partition coefficient (Wildman–Crippen LogP) is 2.70. The van der Waals surface area contributed by atoms with E-state index in [4.69, 9.17) is 0 Å². The summed E-state index contributed by atoms with van der Waals surface area (Å²) >= 11 is 1.45. The molecule has 3 heterocycles. The Morgan fingerprint density at radius 3 is 2.77 bits per heavy atom. The maximum Gasteiger partial charge on any atom is 0.252 e. The number of anilines is 1. The number of hydrogen-bond acceptors (Lipinski definition) is 4. The van der Waals surface area contributed by atoms with Crippen LogP contribution in [0.1, 0.15) is 27.6 Å². The molecule has 0 saturated carbocycles. The van der Waals surface area contributed by atoms with Crippen molar-refractivity contribution >= 4 is 23.5 Å². The number of H-pyrrole nitrogens is 1. The first-order valence-electron chi connectivity index (χ1n) is 8.34. The molecule has 2 aromatic heterocycles. The van der Waals surface area contributed by atoms with Gasteiger partial charge in [-0.05, 0) is 18.6 Å². The van der Waals surface area contributed by atoms with Crippen LogP contribution < -0.4 is 10.9 Å². The van der Waals surface area contributed by atoms with Crippen LogP contribution in [0.5, 0.6) is 0 Å². The van der Waals surface area contributed by atoms with Gasteiger partial charge in [-0.15, -0.1) is 11.8 Å². The molecule has 1 aromatic carbocycles. The quantitative estimate of drug-likeness (QED) is 0.747. The van der Waals surface area contributed by atoms with Crippen molar-refractivity contribution < 1.29 is 4.79 Å². The second kappa shape index (κ2) is 6.84. The lowest BCUT2D eigenvalue weighted by molar-refractivity contribution is -0.113. The molecule has 2 N–H and O–H groups in total. The second-order valence-electron chi connectivity index (χ2n) is 6.18. The van der Waals surface area contributed by atoms with E-state index in [1.54, 1.807) is 12.3 Å². The number of carbonyl (C=O) groups excluding carboxylic acids is 1. The van der Waals surface area contributed by atoms with E-state index in [1.165, 1.54) is 11.8 Å². The van der Waals surface area contributed by atoms with Crippen molar-refractivity contribution in [3.05, 3.63) is 81.4 Å². The van der Waals surface area contributed by atoms with Gasteiger partial charge in [-0.25, -0.2) is 4.68 Å². The van der Waals surface area contributed by atoms with Gasteiger partial charge in [0.2, 0.25) is 5.91 Å². The number of aromatic nitrogens is 3. The molecule has 7 heteroatoms. The van der Waals surface area contributed by atoms with Crippen LogP contribution in [0.2, 0.25) is 0 Å². The zero-order valence-electron chi connectivity index (χ0n) is 14.2. The van der Waals surface area contributed by atoms with E-state index in [9.17, 15) is 9.59 Å². The number of amides is 1. The van der Waals surface area contributed by atoms with Gasteiger partial charge >= 0.3 is 0 Å². The fourth-order valence-corrected chi connectivity index (χ4v) is 4.41. The number of nitrogens with zero attached hydrogens (tertiary/aromatic N) is 2. The minimum atomic E-state index is -0.238. The molecule has 0 aliphatic carbocycles. The summed E-state index contributed by atoms with van der Waals surface area (Å²) in [7, 11) is 0. The van der Waals surface area contributed by atoms with E-state index < -0.39 is 0 Å². The largest absolute Gasteiger partial charge is 0.329 e. The number of fused-ring (bicyclic) bond motifs is 1. The summed E-state index contributed by atoms with van der Waals surface area (Å²) in [5.41, 5.74) is 3.31. The van der Waals surface area contributed by atoms with Gasteiger partial charge in [0.1, 0.15) is 5.82 Å². The van der Waals surface area contributed by atoms with Crippen LogP contribution in [0.25, 0.3) is 0 Å². The molecule has 1 amide bonds. The van der Waals surface area contributed by atoms with E-state index >= 15 is 0 Å². The highest BCUT2D eigenvalue weighted by Crippen LogP contribution is 2.42. The molecule has 4 rings (SSSR count). The Labute approximate surface area is 154 Å². The summed E-state index contributed by atoms with van der Waals surface area (Å²) in [6, 6.07) is 13.6.